The van der Waals surface area contributed by atoms with E-state index < -0.39 is 19.3 Å². The summed E-state index contributed by atoms with van der Waals surface area (Å²) < 4.78 is 7.81. The van der Waals surface area contributed by atoms with Gasteiger partial charge in [0.25, 0.3) is 0 Å². The van der Waals surface area contributed by atoms with Gasteiger partial charge in [-0.1, -0.05) is 0 Å². The van der Waals surface area contributed by atoms with Crippen LogP contribution in [0.25, 0.3) is 0 Å². The average Bonchev–Trinajstić information content (AvgIpc) is 1.86. The summed E-state index contributed by atoms with van der Waals surface area (Å²) in [6, 6.07) is 0. The zero-order chi connectivity index (χ0) is 8.85. The summed E-state index contributed by atoms with van der Waals surface area (Å²) in [6.07, 6.45) is 0. The Morgan fingerprint density at radius 2 is 1.83 bits per heavy atom. The van der Waals surface area contributed by atoms with E-state index >= 15 is 0 Å². The van der Waals surface area contributed by atoms with Crippen LogP contribution in [0.2, 0.25) is 0 Å². The van der Waals surface area contributed by atoms with Crippen molar-refractivity contribution in [1.82, 2.24) is 0 Å². The summed E-state index contributed by atoms with van der Waals surface area (Å²) in [6.45, 7) is 0. The summed E-state index contributed by atoms with van der Waals surface area (Å²) in [4.78, 5) is 20.7. The summed E-state index contributed by atoms with van der Waals surface area (Å²) in [5.41, 5.74) is 0. The van der Waals surface area contributed by atoms with Crippen LogP contribution < -0.4 is 0 Å². The molecule has 0 aliphatic heterocycles. The van der Waals surface area contributed by atoms with Crippen LogP contribution in [0.15, 0.2) is 0 Å². The third-order valence-corrected chi connectivity index (χ3v) is 0.876. The van der Waals surface area contributed by atoms with Gasteiger partial charge in [0.2, 0.25) is 0 Å². The van der Waals surface area contributed by atoms with Gasteiger partial charge in [-0.3, -0.25) is 0 Å². The van der Waals surface area contributed by atoms with Crippen molar-refractivity contribution in [2.24, 2.45) is 0 Å². The molecular formula is C3H5BILiO6. The molecule has 0 unspecified atom stereocenters. The van der Waals surface area contributed by atoms with Crippen LogP contribution in [0.3, 0.4) is 0 Å². The van der Waals surface area contributed by atoms with Crippen molar-refractivity contribution in [2.75, 3.05) is 4.61 Å². The third-order valence-electron chi connectivity index (χ3n) is 0.565. The monoisotopic (exact) mass is 282 g/mol. The molecule has 0 bridgehead atoms. The van der Waals surface area contributed by atoms with Crippen LogP contribution in [-0.4, -0.2) is 52.8 Å². The minimum absolute atomic E-state index is 0. The third kappa shape index (κ3) is 6.93. The number of hydrogen-bond acceptors (Lipinski definition) is 6. The molecule has 0 aromatic carbocycles. The van der Waals surface area contributed by atoms with Gasteiger partial charge < -0.3 is 19.4 Å². The Morgan fingerprint density at radius 3 is 2.17 bits per heavy atom. The Bertz CT molecular complexity index is 163. The SMILES string of the molecule is O=C(OCI)C(=O)OB(O)O.[LiH]. The van der Waals surface area contributed by atoms with Crippen molar-refractivity contribution in [3.05, 3.63) is 0 Å². The minimum atomic E-state index is -2.29. The van der Waals surface area contributed by atoms with Crippen LogP contribution in [0, 0.1) is 0 Å². The van der Waals surface area contributed by atoms with Crippen molar-refractivity contribution in [3.63, 3.8) is 0 Å². The van der Waals surface area contributed by atoms with Crippen LogP contribution >= 0.6 is 22.6 Å². The maximum atomic E-state index is 10.4. The molecule has 0 aromatic heterocycles. The van der Waals surface area contributed by atoms with Gasteiger partial charge in [-0.05, 0) is 22.6 Å². The molecule has 12 heavy (non-hydrogen) atoms. The average molecular weight is 282 g/mol. The number of alkyl halides is 1. The van der Waals surface area contributed by atoms with Crippen LogP contribution in [0.4, 0.5) is 0 Å². The number of carbonyl (C=O) groups is 2. The summed E-state index contributed by atoms with van der Waals surface area (Å²) in [5, 5.41) is 16.1. The van der Waals surface area contributed by atoms with E-state index in [1.54, 1.807) is 22.6 Å². The van der Waals surface area contributed by atoms with Crippen molar-refractivity contribution in [2.45, 2.75) is 0 Å². The molecule has 0 aliphatic carbocycles. The Morgan fingerprint density at radius 1 is 1.33 bits per heavy atom. The molecule has 6 nitrogen and oxygen atoms in total. The first-order chi connectivity index (χ1) is 5.07. The number of ether oxygens (including phenoxy) is 1. The van der Waals surface area contributed by atoms with E-state index in [0.717, 1.165) is 0 Å². The summed E-state index contributed by atoms with van der Waals surface area (Å²) in [7, 11) is -2.29. The second kappa shape index (κ2) is 7.88. The van der Waals surface area contributed by atoms with E-state index in [4.69, 9.17) is 10.0 Å². The van der Waals surface area contributed by atoms with Crippen LogP contribution in [0.1, 0.15) is 0 Å². The molecule has 0 fully saturated rings. The molecule has 9 heteroatoms. The van der Waals surface area contributed by atoms with Gasteiger partial charge in [-0.25, -0.2) is 9.59 Å². The molecule has 0 heterocycles. The number of halogens is 1. The van der Waals surface area contributed by atoms with Gasteiger partial charge in [0, 0.05) is 0 Å². The fourth-order valence-corrected chi connectivity index (χ4v) is 0.535. The Hall–Kier alpha value is 0.252. The molecule has 0 amide bonds. The topological polar surface area (TPSA) is 93.1 Å². The van der Waals surface area contributed by atoms with E-state index in [1.807, 2.05) is 0 Å². The fraction of sp³-hybridized carbons (Fsp3) is 0.333. The zero-order valence-corrected chi connectivity index (χ0v) is 7.35. The molecule has 2 N–H and O–H groups in total. The molecule has 0 saturated heterocycles. The van der Waals surface area contributed by atoms with Gasteiger partial charge in [0.05, 0.1) is 0 Å². The van der Waals surface area contributed by atoms with E-state index in [1.165, 1.54) is 0 Å². The van der Waals surface area contributed by atoms with Crippen molar-refractivity contribution < 1.29 is 29.0 Å². The molecule has 0 aliphatic rings. The predicted molar refractivity (Wildman–Crippen MR) is 48.4 cm³/mol. The molecule has 0 aromatic rings. The molecule has 0 radical (unpaired) electrons. The standard InChI is InChI=1S/C3H4BIO6.Li.H/c5-1-10-2(6)3(7)11-4(8)9;;/h8-9H,1H2;;. The first-order valence-corrected chi connectivity index (χ1v) is 3.90. The van der Waals surface area contributed by atoms with E-state index in [2.05, 4.69) is 9.39 Å². The van der Waals surface area contributed by atoms with Crippen LogP contribution in [-0.2, 0) is 19.0 Å². The van der Waals surface area contributed by atoms with E-state index in [9.17, 15) is 9.59 Å². The predicted octanol–water partition coefficient (Wildman–Crippen LogP) is -2.21. The van der Waals surface area contributed by atoms with Gasteiger partial charge >= 0.3 is 38.1 Å². The molecule has 64 valence electrons. The van der Waals surface area contributed by atoms with Gasteiger partial charge in [-0.2, -0.15) is 0 Å². The molecule has 0 rings (SSSR count). The molecule has 0 atom stereocenters. The first-order valence-electron chi connectivity index (χ1n) is 2.37. The van der Waals surface area contributed by atoms with Gasteiger partial charge in [0.15, 0.2) is 0 Å². The zero-order valence-electron chi connectivity index (χ0n) is 5.19. The number of esters is 1. The number of carbonyl (C=O) groups excluding carboxylic acids is 2. The molecular weight excluding hydrogens is 277 g/mol. The van der Waals surface area contributed by atoms with E-state index in [0.29, 0.717) is 0 Å². The summed E-state index contributed by atoms with van der Waals surface area (Å²) in [5.74, 6) is -2.69. The molecule has 0 saturated carbocycles. The normalized spacial score (nSPS) is 7.92. The fourth-order valence-electron chi connectivity index (χ4n) is 0.252. The van der Waals surface area contributed by atoms with Gasteiger partial charge in [0.1, 0.15) is 4.61 Å². The van der Waals surface area contributed by atoms with E-state index in [-0.39, 0.29) is 23.5 Å². The van der Waals surface area contributed by atoms with Crippen molar-refractivity contribution >= 4 is 60.7 Å². The quantitative estimate of drug-likeness (QED) is 0.196. The number of hydrogen-bond donors (Lipinski definition) is 2. The second-order valence-electron chi connectivity index (χ2n) is 1.27. The second-order valence-corrected chi connectivity index (χ2v) is 1.90. The molecule has 0 spiro atoms. The summed E-state index contributed by atoms with van der Waals surface area (Å²) >= 11 is 1.69. The van der Waals surface area contributed by atoms with Crippen LogP contribution in [0.5, 0.6) is 0 Å². The van der Waals surface area contributed by atoms with Crippen molar-refractivity contribution in [1.29, 1.82) is 0 Å². The Balaban J connectivity index is 0. The Labute approximate surface area is 94.1 Å². The first kappa shape index (κ1) is 14.8. The Kier molecular flexibility index (Phi) is 9.69. The van der Waals surface area contributed by atoms with Crippen molar-refractivity contribution in [3.8, 4) is 0 Å². The number of rotatable bonds is 2. The maximum absolute atomic E-state index is 10.4. The van der Waals surface area contributed by atoms with Gasteiger partial charge in [-0.15, -0.1) is 0 Å².